The van der Waals surface area contributed by atoms with Crippen LogP contribution in [0.3, 0.4) is 0 Å². The summed E-state index contributed by atoms with van der Waals surface area (Å²) in [5.74, 6) is -0.531. The quantitative estimate of drug-likeness (QED) is 0.343. The number of carbonyl (C=O) groups excluding carboxylic acids is 2. The highest BCUT2D eigenvalue weighted by molar-refractivity contribution is 7.89. The SMILES string of the molecule is Cc1cccc(CN(C(=O)CN(C)S(=O)(=O)c2ccc(Cl)cc2)[C@H](Cc2ccccc2)C(=O)NCC(C)C)c1. The number of amides is 2. The van der Waals surface area contributed by atoms with Gasteiger partial charge in [-0.05, 0) is 48.2 Å². The summed E-state index contributed by atoms with van der Waals surface area (Å²) < 4.78 is 27.4. The van der Waals surface area contributed by atoms with E-state index in [2.05, 4.69) is 5.32 Å². The van der Waals surface area contributed by atoms with Crippen LogP contribution in [0.4, 0.5) is 0 Å². The molecule has 3 rings (SSSR count). The van der Waals surface area contributed by atoms with Gasteiger partial charge in [0, 0.05) is 31.6 Å². The molecule has 7 nitrogen and oxygen atoms in total. The molecule has 39 heavy (non-hydrogen) atoms. The average Bonchev–Trinajstić information content (AvgIpc) is 2.90. The Hall–Kier alpha value is -3.20. The summed E-state index contributed by atoms with van der Waals surface area (Å²) in [6, 6.07) is 22.1. The van der Waals surface area contributed by atoms with E-state index >= 15 is 0 Å². The Bertz CT molecular complexity index is 1360. The standard InChI is InChI=1S/C30H36ClN3O4S/c1-22(2)19-32-30(36)28(18-24-10-6-5-7-11-24)34(20-25-12-8-9-23(3)17-25)29(35)21-33(4)39(37,38)27-15-13-26(31)14-16-27/h5-17,22,28H,18-21H2,1-4H3,(H,32,36)/t28-/m1/s1. The fourth-order valence-electron chi connectivity index (χ4n) is 4.14. The number of sulfonamides is 1. The van der Waals surface area contributed by atoms with Crippen molar-refractivity contribution in [2.45, 2.75) is 44.7 Å². The van der Waals surface area contributed by atoms with Crippen LogP contribution in [0.5, 0.6) is 0 Å². The molecule has 0 fully saturated rings. The molecule has 0 aliphatic carbocycles. The largest absolute Gasteiger partial charge is 0.354 e. The van der Waals surface area contributed by atoms with E-state index in [0.717, 1.165) is 21.0 Å². The Balaban J connectivity index is 1.96. The van der Waals surface area contributed by atoms with E-state index in [1.165, 1.54) is 36.2 Å². The predicted octanol–water partition coefficient (Wildman–Crippen LogP) is 4.68. The maximum atomic E-state index is 13.9. The number of nitrogens with zero attached hydrogens (tertiary/aromatic N) is 2. The van der Waals surface area contributed by atoms with E-state index < -0.39 is 28.5 Å². The van der Waals surface area contributed by atoms with Crippen LogP contribution in [0.1, 0.15) is 30.5 Å². The zero-order valence-corrected chi connectivity index (χ0v) is 24.4. The first-order valence-corrected chi connectivity index (χ1v) is 14.7. The Kier molecular flexibility index (Phi) is 10.7. The number of benzene rings is 3. The van der Waals surface area contributed by atoms with Gasteiger partial charge in [0.1, 0.15) is 6.04 Å². The molecule has 3 aromatic rings. The zero-order valence-electron chi connectivity index (χ0n) is 22.8. The molecule has 9 heteroatoms. The Labute approximate surface area is 236 Å². The summed E-state index contributed by atoms with van der Waals surface area (Å²) in [5.41, 5.74) is 2.76. The number of likely N-dealkylation sites (N-methyl/N-ethyl adjacent to an activating group) is 1. The topological polar surface area (TPSA) is 86.8 Å². The maximum absolute atomic E-state index is 13.9. The van der Waals surface area contributed by atoms with Crippen LogP contribution in [-0.2, 0) is 32.6 Å². The molecule has 1 atom stereocenters. The number of halogens is 1. The molecule has 3 aromatic carbocycles. The van der Waals surface area contributed by atoms with E-state index in [1.807, 2.05) is 75.4 Å². The van der Waals surface area contributed by atoms with Gasteiger partial charge in [0.2, 0.25) is 21.8 Å². The highest BCUT2D eigenvalue weighted by atomic mass is 35.5. The van der Waals surface area contributed by atoms with Crippen molar-refractivity contribution in [2.75, 3.05) is 20.1 Å². The minimum Gasteiger partial charge on any atom is -0.354 e. The Morgan fingerprint density at radius 1 is 0.923 bits per heavy atom. The zero-order chi connectivity index (χ0) is 28.6. The third-order valence-corrected chi connectivity index (χ3v) is 8.34. The lowest BCUT2D eigenvalue weighted by Gasteiger charge is -2.33. The molecule has 0 spiro atoms. The lowest BCUT2D eigenvalue weighted by Crippen LogP contribution is -2.53. The van der Waals surface area contributed by atoms with Gasteiger partial charge in [0.05, 0.1) is 11.4 Å². The highest BCUT2D eigenvalue weighted by Crippen LogP contribution is 2.20. The molecule has 1 N–H and O–H groups in total. The fourth-order valence-corrected chi connectivity index (χ4v) is 5.38. The number of hydrogen-bond donors (Lipinski definition) is 1. The van der Waals surface area contributed by atoms with Crippen LogP contribution >= 0.6 is 11.6 Å². The lowest BCUT2D eigenvalue weighted by molar-refractivity contribution is -0.141. The van der Waals surface area contributed by atoms with Crippen LogP contribution in [0.2, 0.25) is 5.02 Å². The molecule has 0 heterocycles. The molecule has 0 unspecified atom stereocenters. The van der Waals surface area contributed by atoms with Gasteiger partial charge in [-0.15, -0.1) is 0 Å². The number of rotatable bonds is 12. The summed E-state index contributed by atoms with van der Waals surface area (Å²) in [6.45, 7) is 6.14. The smallest absolute Gasteiger partial charge is 0.243 e. The van der Waals surface area contributed by atoms with Gasteiger partial charge in [0.15, 0.2) is 0 Å². The van der Waals surface area contributed by atoms with Crippen LogP contribution in [-0.4, -0.2) is 55.6 Å². The molecule has 0 bridgehead atoms. The Morgan fingerprint density at radius 2 is 1.56 bits per heavy atom. The van der Waals surface area contributed by atoms with Crippen molar-refractivity contribution in [3.63, 3.8) is 0 Å². The van der Waals surface area contributed by atoms with E-state index in [4.69, 9.17) is 11.6 Å². The van der Waals surface area contributed by atoms with Gasteiger partial charge in [-0.2, -0.15) is 4.31 Å². The van der Waals surface area contributed by atoms with Crippen molar-refractivity contribution in [1.82, 2.24) is 14.5 Å². The normalized spacial score (nSPS) is 12.4. The summed E-state index contributed by atoms with van der Waals surface area (Å²) in [7, 11) is -2.60. The summed E-state index contributed by atoms with van der Waals surface area (Å²) in [4.78, 5) is 28.9. The molecule has 0 aliphatic rings. The lowest BCUT2D eigenvalue weighted by atomic mass is 10.0. The van der Waals surface area contributed by atoms with Crippen LogP contribution < -0.4 is 5.32 Å². The summed E-state index contributed by atoms with van der Waals surface area (Å²) >= 11 is 5.92. The second kappa shape index (κ2) is 13.7. The first-order valence-electron chi connectivity index (χ1n) is 12.9. The van der Waals surface area contributed by atoms with E-state index in [0.29, 0.717) is 11.6 Å². The molecule has 0 saturated carbocycles. The van der Waals surface area contributed by atoms with Crippen molar-refractivity contribution < 1.29 is 18.0 Å². The molecular formula is C30H36ClN3O4S. The van der Waals surface area contributed by atoms with Crippen molar-refractivity contribution >= 4 is 33.4 Å². The maximum Gasteiger partial charge on any atom is 0.243 e. The van der Waals surface area contributed by atoms with Crippen molar-refractivity contribution in [3.8, 4) is 0 Å². The fraction of sp³-hybridized carbons (Fsp3) is 0.333. The molecule has 0 radical (unpaired) electrons. The van der Waals surface area contributed by atoms with E-state index in [9.17, 15) is 18.0 Å². The van der Waals surface area contributed by atoms with Crippen molar-refractivity contribution in [2.24, 2.45) is 5.92 Å². The number of aryl methyl sites for hydroxylation is 1. The van der Waals surface area contributed by atoms with Gasteiger partial charge in [0.25, 0.3) is 0 Å². The average molecular weight is 570 g/mol. The number of hydrogen-bond acceptors (Lipinski definition) is 4. The summed E-state index contributed by atoms with van der Waals surface area (Å²) in [6.07, 6.45) is 0.288. The molecule has 0 saturated heterocycles. The predicted molar refractivity (Wildman–Crippen MR) is 155 cm³/mol. The first kappa shape index (κ1) is 30.3. The van der Waals surface area contributed by atoms with Crippen LogP contribution in [0.25, 0.3) is 0 Å². The monoisotopic (exact) mass is 569 g/mol. The van der Waals surface area contributed by atoms with Gasteiger partial charge in [-0.1, -0.05) is 85.6 Å². The Morgan fingerprint density at radius 3 is 2.18 bits per heavy atom. The molecule has 208 valence electrons. The first-order chi connectivity index (χ1) is 18.5. The molecule has 0 aromatic heterocycles. The minimum atomic E-state index is -3.96. The molecular weight excluding hydrogens is 534 g/mol. The van der Waals surface area contributed by atoms with Gasteiger partial charge >= 0.3 is 0 Å². The van der Waals surface area contributed by atoms with Crippen molar-refractivity contribution in [1.29, 1.82) is 0 Å². The highest BCUT2D eigenvalue weighted by Gasteiger charge is 2.33. The third kappa shape index (κ3) is 8.65. The molecule has 0 aliphatic heterocycles. The summed E-state index contributed by atoms with van der Waals surface area (Å²) in [5, 5.41) is 3.38. The van der Waals surface area contributed by atoms with E-state index in [-0.39, 0.29) is 29.7 Å². The second-order valence-electron chi connectivity index (χ2n) is 10.1. The van der Waals surface area contributed by atoms with Gasteiger partial charge < -0.3 is 10.2 Å². The third-order valence-electron chi connectivity index (χ3n) is 6.27. The minimum absolute atomic E-state index is 0.0305. The molecule has 2 amide bonds. The van der Waals surface area contributed by atoms with Gasteiger partial charge in [-0.3, -0.25) is 9.59 Å². The van der Waals surface area contributed by atoms with Crippen LogP contribution in [0, 0.1) is 12.8 Å². The van der Waals surface area contributed by atoms with Gasteiger partial charge in [-0.25, -0.2) is 8.42 Å². The van der Waals surface area contributed by atoms with Crippen molar-refractivity contribution in [3.05, 3.63) is 101 Å². The van der Waals surface area contributed by atoms with Crippen LogP contribution in [0.15, 0.2) is 83.8 Å². The van der Waals surface area contributed by atoms with E-state index in [1.54, 1.807) is 0 Å². The number of carbonyl (C=O) groups is 2. The second-order valence-corrected chi connectivity index (χ2v) is 12.6. The number of nitrogens with one attached hydrogen (secondary N) is 1.